The molecule has 0 spiro atoms. The lowest BCUT2D eigenvalue weighted by Gasteiger charge is -2.13. The van der Waals surface area contributed by atoms with Crippen LogP contribution in [0.5, 0.6) is 5.75 Å². The Morgan fingerprint density at radius 1 is 0.909 bits per heavy atom. The van der Waals surface area contributed by atoms with E-state index in [2.05, 4.69) is 16.0 Å². The van der Waals surface area contributed by atoms with Crippen molar-refractivity contribution in [2.75, 3.05) is 17.7 Å². The van der Waals surface area contributed by atoms with Crippen molar-refractivity contribution in [2.24, 2.45) is 0 Å². The molecule has 0 heterocycles. The molecule has 3 N–H and O–H groups in total. The van der Waals surface area contributed by atoms with Crippen LogP contribution in [-0.4, -0.2) is 24.0 Å². The first-order chi connectivity index (χ1) is 15.9. The summed E-state index contributed by atoms with van der Waals surface area (Å²) in [4.78, 5) is 25.1. The van der Waals surface area contributed by atoms with Gasteiger partial charge < -0.3 is 15.4 Å². The number of rotatable bonds is 6. The molecule has 0 aromatic heterocycles. The fraction of sp³-hybridized carbons (Fsp3) is 0.115. The number of nitrogens with one attached hydrogen (secondary N) is 3. The third kappa shape index (κ3) is 6.51. The maximum absolute atomic E-state index is 12.8. The summed E-state index contributed by atoms with van der Waals surface area (Å²) in [6.07, 6.45) is 3.01. The molecule has 0 aliphatic carbocycles. The minimum absolute atomic E-state index is 0.0797. The molecule has 0 atom stereocenters. The van der Waals surface area contributed by atoms with Gasteiger partial charge in [-0.3, -0.25) is 14.9 Å². The first-order valence-electron chi connectivity index (χ1n) is 10.3. The molecule has 0 unspecified atom stereocenters. The highest BCUT2D eigenvalue weighted by Crippen LogP contribution is 2.20. The molecule has 0 fully saturated rings. The van der Waals surface area contributed by atoms with Crippen LogP contribution in [0.1, 0.15) is 27.0 Å². The molecule has 0 aliphatic heterocycles. The van der Waals surface area contributed by atoms with E-state index < -0.39 is 5.91 Å². The number of carbonyl (C=O) groups excluding carboxylic acids is 2. The van der Waals surface area contributed by atoms with Gasteiger partial charge in [-0.2, -0.15) is 0 Å². The van der Waals surface area contributed by atoms with Gasteiger partial charge in [0.25, 0.3) is 5.91 Å². The van der Waals surface area contributed by atoms with Gasteiger partial charge in [-0.05, 0) is 73.6 Å². The highest BCUT2D eigenvalue weighted by atomic mass is 32.1. The zero-order valence-corrected chi connectivity index (χ0v) is 19.5. The van der Waals surface area contributed by atoms with Crippen molar-refractivity contribution in [3.63, 3.8) is 0 Å². The number of hydrogen-bond donors (Lipinski definition) is 3. The van der Waals surface area contributed by atoms with Gasteiger partial charge in [-0.1, -0.05) is 36.4 Å². The summed E-state index contributed by atoms with van der Waals surface area (Å²) in [6, 6.07) is 20.0. The van der Waals surface area contributed by atoms with E-state index in [0.29, 0.717) is 22.7 Å². The molecule has 0 radical (unpaired) electrons. The Labute approximate surface area is 198 Å². The third-order valence-corrected chi connectivity index (χ3v) is 5.18. The van der Waals surface area contributed by atoms with E-state index in [1.807, 2.05) is 56.3 Å². The van der Waals surface area contributed by atoms with E-state index in [9.17, 15) is 9.59 Å². The Morgan fingerprint density at radius 3 is 2.39 bits per heavy atom. The van der Waals surface area contributed by atoms with Crippen LogP contribution >= 0.6 is 12.2 Å². The summed E-state index contributed by atoms with van der Waals surface area (Å²) >= 11 is 5.27. The molecule has 0 saturated heterocycles. The minimum Gasteiger partial charge on any atom is -0.496 e. The summed E-state index contributed by atoms with van der Waals surface area (Å²) in [5, 5.41) is 8.49. The predicted octanol–water partition coefficient (Wildman–Crippen LogP) is 5.09. The van der Waals surface area contributed by atoms with Crippen LogP contribution in [0.25, 0.3) is 6.08 Å². The maximum atomic E-state index is 12.8. The molecule has 3 aromatic rings. The van der Waals surface area contributed by atoms with Gasteiger partial charge in [-0.15, -0.1) is 0 Å². The summed E-state index contributed by atoms with van der Waals surface area (Å²) in [5.74, 6) is -0.0343. The number of carbonyl (C=O) groups is 2. The lowest BCUT2D eigenvalue weighted by Crippen LogP contribution is -2.33. The van der Waals surface area contributed by atoms with E-state index in [0.717, 1.165) is 16.7 Å². The van der Waals surface area contributed by atoms with Crippen LogP contribution in [0.3, 0.4) is 0 Å². The van der Waals surface area contributed by atoms with E-state index in [4.69, 9.17) is 17.0 Å². The van der Waals surface area contributed by atoms with Gasteiger partial charge in [0, 0.05) is 17.3 Å². The van der Waals surface area contributed by atoms with Gasteiger partial charge in [0.15, 0.2) is 5.11 Å². The Kier molecular flexibility index (Phi) is 7.94. The average Bonchev–Trinajstić information content (AvgIpc) is 2.80. The fourth-order valence-corrected chi connectivity index (χ4v) is 3.29. The molecule has 0 aliphatic rings. The van der Waals surface area contributed by atoms with Crippen molar-refractivity contribution in [1.29, 1.82) is 0 Å². The molecule has 3 aromatic carbocycles. The van der Waals surface area contributed by atoms with E-state index in [-0.39, 0.29) is 11.0 Å². The van der Waals surface area contributed by atoms with Crippen molar-refractivity contribution in [2.45, 2.75) is 13.8 Å². The average molecular weight is 460 g/mol. The predicted molar refractivity (Wildman–Crippen MR) is 137 cm³/mol. The second-order valence-electron chi connectivity index (χ2n) is 7.32. The fourth-order valence-electron chi connectivity index (χ4n) is 3.08. The van der Waals surface area contributed by atoms with Crippen LogP contribution in [0.4, 0.5) is 11.4 Å². The highest BCUT2D eigenvalue weighted by molar-refractivity contribution is 7.80. The maximum Gasteiger partial charge on any atom is 0.257 e. The number of methoxy groups -OCH3 is 1. The van der Waals surface area contributed by atoms with Crippen LogP contribution in [-0.2, 0) is 4.79 Å². The van der Waals surface area contributed by atoms with Gasteiger partial charge >= 0.3 is 0 Å². The summed E-state index contributed by atoms with van der Waals surface area (Å²) in [6.45, 7) is 4.00. The topological polar surface area (TPSA) is 79.5 Å². The van der Waals surface area contributed by atoms with Gasteiger partial charge in [-0.25, -0.2) is 0 Å². The largest absolute Gasteiger partial charge is 0.496 e. The Hall–Kier alpha value is -3.97. The van der Waals surface area contributed by atoms with Crippen molar-refractivity contribution >= 4 is 46.6 Å². The standard InChI is InChI=1S/C26H25N3O3S/c1-17-12-14-20(16-18(17)2)27-25(31)21-9-5-6-10-22(21)28-26(33)29-24(30)15-13-19-8-4-7-11-23(19)32-3/h4-16H,1-3H3,(H,27,31)(H2,28,29,30,33). The van der Waals surface area contributed by atoms with Gasteiger partial charge in [0.1, 0.15) is 5.75 Å². The molecular weight excluding hydrogens is 434 g/mol. The van der Waals surface area contributed by atoms with Gasteiger partial charge in [0.2, 0.25) is 5.91 Å². The zero-order chi connectivity index (χ0) is 23.8. The lowest BCUT2D eigenvalue weighted by molar-refractivity contribution is -0.115. The summed E-state index contributed by atoms with van der Waals surface area (Å²) < 4.78 is 5.27. The van der Waals surface area contributed by atoms with Crippen LogP contribution in [0, 0.1) is 13.8 Å². The normalized spacial score (nSPS) is 10.5. The number of benzene rings is 3. The number of amides is 2. The number of ether oxygens (including phenoxy) is 1. The first-order valence-corrected chi connectivity index (χ1v) is 10.7. The highest BCUT2D eigenvalue weighted by Gasteiger charge is 2.13. The SMILES string of the molecule is COc1ccccc1C=CC(=O)NC(=S)Nc1ccccc1C(=O)Nc1ccc(C)c(C)c1. The van der Waals surface area contributed by atoms with Gasteiger partial charge in [0.05, 0.1) is 18.4 Å². The number of para-hydroxylation sites is 2. The molecule has 0 bridgehead atoms. The Morgan fingerprint density at radius 2 is 1.64 bits per heavy atom. The Balaban J connectivity index is 1.65. The van der Waals surface area contributed by atoms with E-state index in [1.165, 1.54) is 6.08 Å². The molecule has 0 saturated carbocycles. The molecule has 2 amide bonds. The Bertz CT molecular complexity index is 1220. The van der Waals surface area contributed by atoms with Crippen molar-refractivity contribution in [1.82, 2.24) is 5.32 Å². The molecular formula is C26H25N3O3S. The first kappa shape index (κ1) is 23.7. The van der Waals surface area contributed by atoms with Crippen LogP contribution in [0.2, 0.25) is 0 Å². The summed E-state index contributed by atoms with van der Waals surface area (Å²) in [7, 11) is 1.57. The van der Waals surface area contributed by atoms with Crippen LogP contribution < -0.4 is 20.7 Å². The molecule has 7 heteroatoms. The third-order valence-electron chi connectivity index (χ3n) is 4.97. The monoisotopic (exact) mass is 459 g/mol. The van der Waals surface area contributed by atoms with E-state index >= 15 is 0 Å². The second kappa shape index (κ2) is 11.1. The molecule has 168 valence electrons. The van der Waals surface area contributed by atoms with Crippen molar-refractivity contribution in [3.8, 4) is 5.75 Å². The number of anilines is 2. The molecule has 6 nitrogen and oxygen atoms in total. The number of aryl methyl sites for hydroxylation is 2. The van der Waals surface area contributed by atoms with E-state index in [1.54, 1.807) is 37.5 Å². The second-order valence-corrected chi connectivity index (χ2v) is 7.73. The summed E-state index contributed by atoms with van der Waals surface area (Å²) in [5.41, 5.74) is 4.59. The molecule has 33 heavy (non-hydrogen) atoms. The minimum atomic E-state index is -0.407. The molecule has 3 rings (SSSR count). The quantitative estimate of drug-likeness (QED) is 0.353. The number of hydrogen-bond acceptors (Lipinski definition) is 4. The van der Waals surface area contributed by atoms with Crippen molar-refractivity contribution in [3.05, 3.63) is 95.1 Å². The number of thiocarbonyl (C=S) groups is 1. The van der Waals surface area contributed by atoms with Crippen LogP contribution in [0.15, 0.2) is 72.8 Å². The lowest BCUT2D eigenvalue weighted by atomic mass is 10.1. The zero-order valence-electron chi connectivity index (χ0n) is 18.6. The smallest absolute Gasteiger partial charge is 0.257 e. The van der Waals surface area contributed by atoms with Crippen molar-refractivity contribution < 1.29 is 14.3 Å².